The van der Waals surface area contributed by atoms with Crippen molar-refractivity contribution in [2.24, 2.45) is 5.92 Å². The first-order chi connectivity index (χ1) is 7.29. The Kier molecular flexibility index (Phi) is 3.42. The molecule has 1 heterocycles. The van der Waals surface area contributed by atoms with Crippen molar-refractivity contribution in [1.29, 1.82) is 0 Å². The van der Waals surface area contributed by atoms with Gasteiger partial charge in [-0.05, 0) is 42.9 Å². The van der Waals surface area contributed by atoms with E-state index in [-0.39, 0.29) is 0 Å². The van der Waals surface area contributed by atoms with Gasteiger partial charge in [-0.2, -0.15) is 0 Å². The SMILES string of the molecule is CCc1ccc(C2CCC(C)CN2)cc1. The van der Waals surface area contributed by atoms with E-state index in [0.29, 0.717) is 6.04 Å². The van der Waals surface area contributed by atoms with E-state index in [1.54, 1.807) is 0 Å². The summed E-state index contributed by atoms with van der Waals surface area (Å²) in [6, 6.07) is 9.68. The average molecular weight is 203 g/mol. The minimum atomic E-state index is 0.590. The van der Waals surface area contributed by atoms with Crippen LogP contribution in [-0.4, -0.2) is 6.54 Å². The molecule has 1 heteroatoms. The van der Waals surface area contributed by atoms with E-state index in [4.69, 9.17) is 0 Å². The van der Waals surface area contributed by atoms with Crippen LogP contribution in [0.1, 0.15) is 43.9 Å². The largest absolute Gasteiger partial charge is 0.310 e. The Morgan fingerprint density at radius 3 is 2.47 bits per heavy atom. The zero-order valence-electron chi connectivity index (χ0n) is 9.79. The van der Waals surface area contributed by atoms with Crippen molar-refractivity contribution >= 4 is 0 Å². The van der Waals surface area contributed by atoms with E-state index in [1.165, 1.54) is 30.5 Å². The molecule has 1 nitrogen and oxygen atoms in total. The van der Waals surface area contributed by atoms with Gasteiger partial charge in [0.05, 0.1) is 0 Å². The molecule has 1 aromatic rings. The Morgan fingerprint density at radius 1 is 1.20 bits per heavy atom. The normalized spacial score (nSPS) is 26.5. The van der Waals surface area contributed by atoms with Crippen molar-refractivity contribution in [3.05, 3.63) is 35.4 Å². The van der Waals surface area contributed by atoms with Crippen LogP contribution in [0.2, 0.25) is 0 Å². The van der Waals surface area contributed by atoms with Crippen LogP contribution in [0.25, 0.3) is 0 Å². The summed E-state index contributed by atoms with van der Waals surface area (Å²) >= 11 is 0. The Bertz CT molecular complexity index is 294. The summed E-state index contributed by atoms with van der Waals surface area (Å²) in [6.07, 6.45) is 3.77. The summed E-state index contributed by atoms with van der Waals surface area (Å²) in [5.74, 6) is 0.844. The van der Waals surface area contributed by atoms with Crippen LogP contribution in [-0.2, 0) is 6.42 Å². The number of rotatable bonds is 2. The molecule has 82 valence electrons. The number of aryl methyl sites for hydroxylation is 1. The smallest absolute Gasteiger partial charge is 0.0320 e. The highest BCUT2D eigenvalue weighted by atomic mass is 14.9. The summed E-state index contributed by atoms with van der Waals surface area (Å²) in [5.41, 5.74) is 2.89. The molecule has 1 aromatic carbocycles. The lowest BCUT2D eigenvalue weighted by Gasteiger charge is -2.28. The van der Waals surface area contributed by atoms with Crippen molar-refractivity contribution in [2.75, 3.05) is 6.54 Å². The molecule has 2 rings (SSSR count). The van der Waals surface area contributed by atoms with E-state index in [1.807, 2.05) is 0 Å². The maximum atomic E-state index is 3.62. The van der Waals surface area contributed by atoms with Gasteiger partial charge < -0.3 is 5.32 Å². The van der Waals surface area contributed by atoms with Gasteiger partial charge in [0.25, 0.3) is 0 Å². The van der Waals surface area contributed by atoms with Gasteiger partial charge in [0.1, 0.15) is 0 Å². The van der Waals surface area contributed by atoms with E-state index in [9.17, 15) is 0 Å². The molecule has 1 aliphatic heterocycles. The van der Waals surface area contributed by atoms with Crippen LogP contribution < -0.4 is 5.32 Å². The fraction of sp³-hybridized carbons (Fsp3) is 0.571. The number of nitrogens with one attached hydrogen (secondary N) is 1. The predicted molar refractivity (Wildman–Crippen MR) is 65.0 cm³/mol. The van der Waals surface area contributed by atoms with Crippen molar-refractivity contribution in [2.45, 2.75) is 39.2 Å². The molecule has 2 atom stereocenters. The van der Waals surface area contributed by atoms with Gasteiger partial charge in [-0.25, -0.2) is 0 Å². The van der Waals surface area contributed by atoms with Gasteiger partial charge in [0.15, 0.2) is 0 Å². The third-order valence-corrected chi connectivity index (χ3v) is 3.45. The molecule has 0 saturated carbocycles. The summed E-state index contributed by atoms with van der Waals surface area (Å²) in [6.45, 7) is 5.69. The number of piperidine rings is 1. The molecule has 15 heavy (non-hydrogen) atoms. The first-order valence-electron chi connectivity index (χ1n) is 6.12. The quantitative estimate of drug-likeness (QED) is 0.777. The Labute approximate surface area is 92.9 Å². The summed E-state index contributed by atoms with van der Waals surface area (Å²) in [7, 11) is 0. The van der Waals surface area contributed by atoms with Crippen molar-refractivity contribution in [1.82, 2.24) is 5.32 Å². The monoisotopic (exact) mass is 203 g/mol. The van der Waals surface area contributed by atoms with Gasteiger partial charge in [-0.1, -0.05) is 38.1 Å². The molecule has 0 amide bonds. The highest BCUT2D eigenvalue weighted by molar-refractivity contribution is 5.25. The van der Waals surface area contributed by atoms with Gasteiger partial charge >= 0.3 is 0 Å². The maximum absolute atomic E-state index is 3.62. The van der Waals surface area contributed by atoms with Gasteiger partial charge in [0.2, 0.25) is 0 Å². The lowest BCUT2D eigenvalue weighted by molar-refractivity contribution is 0.333. The van der Waals surface area contributed by atoms with Crippen LogP contribution in [0.5, 0.6) is 0 Å². The van der Waals surface area contributed by atoms with Crippen molar-refractivity contribution in [3.63, 3.8) is 0 Å². The third-order valence-electron chi connectivity index (χ3n) is 3.45. The second-order valence-electron chi connectivity index (χ2n) is 4.74. The molecule has 0 spiro atoms. The lowest BCUT2D eigenvalue weighted by atomic mass is 9.92. The number of hydrogen-bond acceptors (Lipinski definition) is 1. The van der Waals surface area contributed by atoms with E-state index < -0.39 is 0 Å². The van der Waals surface area contributed by atoms with Crippen molar-refractivity contribution in [3.8, 4) is 0 Å². The Balaban J connectivity index is 2.03. The number of hydrogen-bond donors (Lipinski definition) is 1. The molecule has 1 N–H and O–H groups in total. The number of benzene rings is 1. The van der Waals surface area contributed by atoms with Crippen LogP contribution in [0, 0.1) is 5.92 Å². The molecule has 0 aliphatic carbocycles. The van der Waals surface area contributed by atoms with Gasteiger partial charge in [-0.15, -0.1) is 0 Å². The Hall–Kier alpha value is -0.820. The first kappa shape index (κ1) is 10.7. The third kappa shape index (κ3) is 2.60. The molecular formula is C14H21N. The topological polar surface area (TPSA) is 12.0 Å². The summed E-state index contributed by atoms with van der Waals surface area (Å²) in [5, 5.41) is 3.62. The zero-order valence-corrected chi connectivity index (χ0v) is 9.79. The summed E-state index contributed by atoms with van der Waals surface area (Å²) < 4.78 is 0. The molecule has 0 radical (unpaired) electrons. The van der Waals surface area contributed by atoms with E-state index in [2.05, 4.69) is 43.4 Å². The second-order valence-corrected chi connectivity index (χ2v) is 4.74. The van der Waals surface area contributed by atoms with Crippen LogP contribution in [0.15, 0.2) is 24.3 Å². The molecule has 1 aliphatic rings. The van der Waals surface area contributed by atoms with Gasteiger partial charge in [-0.3, -0.25) is 0 Å². The van der Waals surface area contributed by atoms with Crippen LogP contribution in [0.3, 0.4) is 0 Å². The fourth-order valence-electron chi connectivity index (χ4n) is 2.27. The average Bonchev–Trinajstić information content (AvgIpc) is 2.30. The zero-order chi connectivity index (χ0) is 10.7. The molecule has 2 unspecified atom stereocenters. The highest BCUT2D eigenvalue weighted by Crippen LogP contribution is 2.25. The van der Waals surface area contributed by atoms with E-state index in [0.717, 1.165) is 12.3 Å². The molecular weight excluding hydrogens is 182 g/mol. The highest BCUT2D eigenvalue weighted by Gasteiger charge is 2.18. The molecule has 1 fully saturated rings. The Morgan fingerprint density at radius 2 is 1.93 bits per heavy atom. The molecule has 1 saturated heterocycles. The predicted octanol–water partition coefficient (Wildman–Crippen LogP) is 3.31. The van der Waals surface area contributed by atoms with Gasteiger partial charge in [0, 0.05) is 6.04 Å². The minimum absolute atomic E-state index is 0.590. The van der Waals surface area contributed by atoms with E-state index >= 15 is 0 Å². The lowest BCUT2D eigenvalue weighted by Crippen LogP contribution is -2.31. The standard InChI is InChI=1S/C14H21N/c1-3-12-5-7-13(8-6-12)14-9-4-11(2)10-15-14/h5-8,11,14-15H,3-4,9-10H2,1-2H3. The first-order valence-corrected chi connectivity index (χ1v) is 6.12. The summed E-state index contributed by atoms with van der Waals surface area (Å²) in [4.78, 5) is 0. The van der Waals surface area contributed by atoms with Crippen molar-refractivity contribution < 1.29 is 0 Å². The van der Waals surface area contributed by atoms with Crippen LogP contribution in [0.4, 0.5) is 0 Å². The second kappa shape index (κ2) is 4.80. The fourth-order valence-corrected chi connectivity index (χ4v) is 2.27. The maximum Gasteiger partial charge on any atom is 0.0320 e. The molecule has 0 bridgehead atoms. The van der Waals surface area contributed by atoms with Crippen LogP contribution >= 0.6 is 0 Å². The molecule has 0 aromatic heterocycles. The minimum Gasteiger partial charge on any atom is -0.310 e.